The maximum Gasteiger partial charge on any atom is 0.261 e. The zero-order valence-electron chi connectivity index (χ0n) is 15.6. The molecule has 146 valence electrons. The molecular weight excluding hydrogens is 386 g/mol. The second-order valence-electron chi connectivity index (χ2n) is 7.17. The van der Waals surface area contributed by atoms with Crippen LogP contribution >= 0.6 is 12.2 Å². The molecule has 4 heterocycles. The van der Waals surface area contributed by atoms with Crippen molar-refractivity contribution in [2.75, 3.05) is 23.7 Å². The van der Waals surface area contributed by atoms with Crippen LogP contribution in [0.5, 0.6) is 0 Å². The van der Waals surface area contributed by atoms with Crippen molar-refractivity contribution in [2.45, 2.75) is 19.3 Å². The summed E-state index contributed by atoms with van der Waals surface area (Å²) < 4.78 is 0.0937. The Balaban J connectivity index is 1.78. The topological polar surface area (TPSA) is 117 Å². The molecule has 0 saturated carbocycles. The number of benzene rings is 1. The number of rotatable bonds is 2. The number of hydrogen-bond donors (Lipinski definition) is 3. The molecule has 5 rings (SSSR count). The lowest BCUT2D eigenvalue weighted by Crippen LogP contribution is -2.29. The smallest absolute Gasteiger partial charge is 0.261 e. The van der Waals surface area contributed by atoms with Gasteiger partial charge in [-0.1, -0.05) is 12.1 Å². The van der Waals surface area contributed by atoms with Crippen molar-refractivity contribution in [1.82, 2.24) is 24.9 Å². The lowest BCUT2D eigenvalue weighted by Gasteiger charge is -2.29. The summed E-state index contributed by atoms with van der Waals surface area (Å²) in [6, 6.07) is 8.17. The fourth-order valence-electron chi connectivity index (χ4n) is 4.00. The number of nitrogens with two attached hydrogens (primary N) is 1. The first-order valence-electron chi connectivity index (χ1n) is 9.54. The average molecular weight is 405 g/mol. The summed E-state index contributed by atoms with van der Waals surface area (Å²) in [5, 5.41) is 0.945. The van der Waals surface area contributed by atoms with E-state index in [1.807, 2.05) is 12.1 Å². The largest absolute Gasteiger partial charge is 0.385 e. The van der Waals surface area contributed by atoms with Crippen LogP contribution in [0.2, 0.25) is 0 Å². The van der Waals surface area contributed by atoms with E-state index in [9.17, 15) is 4.79 Å². The van der Waals surface area contributed by atoms with Gasteiger partial charge in [0, 0.05) is 24.3 Å². The molecule has 0 amide bonds. The van der Waals surface area contributed by atoms with Gasteiger partial charge in [0.25, 0.3) is 5.56 Å². The Morgan fingerprint density at radius 3 is 2.52 bits per heavy atom. The number of anilines is 2. The molecule has 29 heavy (non-hydrogen) atoms. The Morgan fingerprint density at radius 1 is 1.00 bits per heavy atom. The molecule has 1 fully saturated rings. The molecule has 0 atom stereocenters. The highest BCUT2D eigenvalue weighted by Gasteiger charge is 2.19. The molecule has 9 heteroatoms. The fourth-order valence-corrected chi connectivity index (χ4v) is 4.18. The second kappa shape index (κ2) is 6.93. The van der Waals surface area contributed by atoms with Crippen molar-refractivity contribution >= 4 is 45.8 Å². The summed E-state index contributed by atoms with van der Waals surface area (Å²) in [6.45, 7) is 2.13. The normalized spacial score (nSPS) is 14.6. The Hall–Kier alpha value is -3.33. The average Bonchev–Trinajstić information content (AvgIpc) is 2.73. The van der Waals surface area contributed by atoms with E-state index in [1.165, 1.54) is 31.3 Å². The standard InChI is InChI=1S/C20H19N7OS/c21-16-14-13(11-4-6-12(7-5-11)27-8-2-1-3-9-27)15-18(24-17(14)23-10-22-16)25-20(29)26-19(15)28/h4-7,10H,1-3,8-9H2,(H4,21,22,23,24,25,26,28,29). The molecule has 0 bridgehead atoms. The summed E-state index contributed by atoms with van der Waals surface area (Å²) >= 11 is 5.06. The lowest BCUT2D eigenvalue weighted by atomic mass is 9.99. The number of pyridine rings is 1. The van der Waals surface area contributed by atoms with Crippen LogP contribution < -0.4 is 16.2 Å². The number of nitrogens with one attached hydrogen (secondary N) is 2. The van der Waals surface area contributed by atoms with Gasteiger partial charge in [-0.25, -0.2) is 9.97 Å². The van der Waals surface area contributed by atoms with Crippen molar-refractivity contribution < 1.29 is 0 Å². The number of nitrogens with zero attached hydrogens (tertiary/aromatic N) is 4. The first kappa shape index (κ1) is 17.7. The van der Waals surface area contributed by atoms with Crippen LogP contribution in [-0.4, -0.2) is 38.0 Å². The summed E-state index contributed by atoms with van der Waals surface area (Å²) in [6.07, 6.45) is 5.18. The van der Waals surface area contributed by atoms with Gasteiger partial charge in [-0.2, -0.15) is 4.98 Å². The van der Waals surface area contributed by atoms with E-state index in [4.69, 9.17) is 18.0 Å². The van der Waals surface area contributed by atoms with Crippen LogP contribution in [0.15, 0.2) is 35.4 Å². The van der Waals surface area contributed by atoms with Crippen molar-refractivity contribution in [1.29, 1.82) is 0 Å². The molecule has 0 radical (unpaired) electrons. The Kier molecular flexibility index (Phi) is 4.24. The van der Waals surface area contributed by atoms with Crippen LogP contribution in [0, 0.1) is 4.77 Å². The molecule has 1 aromatic carbocycles. The third kappa shape index (κ3) is 3.03. The second-order valence-corrected chi connectivity index (χ2v) is 7.55. The highest BCUT2D eigenvalue weighted by Crippen LogP contribution is 2.35. The summed E-state index contributed by atoms with van der Waals surface area (Å²) in [4.78, 5) is 33.6. The highest BCUT2D eigenvalue weighted by atomic mass is 32.1. The number of nitrogen functional groups attached to an aromatic ring is 1. The molecule has 0 aliphatic carbocycles. The van der Waals surface area contributed by atoms with E-state index < -0.39 is 0 Å². The van der Waals surface area contributed by atoms with Crippen molar-refractivity contribution in [3.05, 3.63) is 45.7 Å². The molecule has 3 aromatic heterocycles. The van der Waals surface area contributed by atoms with Crippen LogP contribution in [0.3, 0.4) is 0 Å². The molecule has 4 aromatic rings. The number of fused-ring (bicyclic) bond motifs is 2. The van der Waals surface area contributed by atoms with E-state index in [0.717, 1.165) is 18.7 Å². The third-order valence-corrected chi connectivity index (χ3v) is 5.56. The maximum atomic E-state index is 12.8. The van der Waals surface area contributed by atoms with Crippen molar-refractivity contribution in [3.8, 4) is 11.1 Å². The zero-order chi connectivity index (χ0) is 20.0. The number of aromatic nitrogens is 5. The Labute approximate surface area is 170 Å². The molecule has 4 N–H and O–H groups in total. The van der Waals surface area contributed by atoms with Gasteiger partial charge in [-0.3, -0.25) is 9.78 Å². The van der Waals surface area contributed by atoms with E-state index in [1.54, 1.807) is 0 Å². The summed E-state index contributed by atoms with van der Waals surface area (Å²) in [5.74, 6) is 0.390. The monoisotopic (exact) mass is 405 g/mol. The molecule has 1 aliphatic rings. The molecular formula is C20H19N7OS. The molecule has 1 aliphatic heterocycles. The molecule has 1 saturated heterocycles. The number of hydrogen-bond acceptors (Lipinski definition) is 7. The van der Waals surface area contributed by atoms with E-state index >= 15 is 0 Å². The first-order valence-corrected chi connectivity index (χ1v) is 9.95. The number of piperidine rings is 1. The van der Waals surface area contributed by atoms with Gasteiger partial charge < -0.3 is 15.6 Å². The number of aromatic amines is 2. The van der Waals surface area contributed by atoms with Gasteiger partial charge in [0.05, 0.1) is 17.1 Å². The van der Waals surface area contributed by atoms with E-state index in [2.05, 4.69) is 42.0 Å². The van der Waals surface area contributed by atoms with Crippen LogP contribution in [-0.2, 0) is 0 Å². The minimum absolute atomic E-state index is 0.0937. The lowest BCUT2D eigenvalue weighted by molar-refractivity contribution is 0.578. The zero-order valence-corrected chi connectivity index (χ0v) is 16.4. The SMILES string of the molecule is Nc1[nH]cnc2nc3nc(=S)[nH]c(=O)c3c(-c3ccc(N4CCCCC4)cc3)c12. The summed E-state index contributed by atoms with van der Waals surface area (Å²) in [5.41, 5.74) is 9.23. The quantitative estimate of drug-likeness (QED) is 0.346. The molecule has 0 spiro atoms. The van der Waals surface area contributed by atoms with E-state index in [-0.39, 0.29) is 16.0 Å². The van der Waals surface area contributed by atoms with Gasteiger partial charge in [-0.05, 0) is 49.2 Å². The highest BCUT2D eigenvalue weighted by molar-refractivity contribution is 7.71. The van der Waals surface area contributed by atoms with Crippen molar-refractivity contribution in [2.24, 2.45) is 0 Å². The number of H-pyrrole nitrogens is 2. The molecule has 8 nitrogen and oxygen atoms in total. The fraction of sp³-hybridized carbons (Fsp3) is 0.250. The van der Waals surface area contributed by atoms with Gasteiger partial charge >= 0.3 is 0 Å². The van der Waals surface area contributed by atoms with Gasteiger partial charge in [0.15, 0.2) is 11.3 Å². The van der Waals surface area contributed by atoms with Crippen molar-refractivity contribution in [3.63, 3.8) is 0 Å². The van der Waals surface area contributed by atoms with Crippen LogP contribution in [0.4, 0.5) is 11.5 Å². The predicted octanol–water partition coefficient (Wildman–Crippen LogP) is 3.16. The Morgan fingerprint density at radius 2 is 1.76 bits per heavy atom. The van der Waals surface area contributed by atoms with Gasteiger partial charge in [-0.15, -0.1) is 0 Å². The summed E-state index contributed by atoms with van der Waals surface area (Å²) in [7, 11) is 0. The van der Waals surface area contributed by atoms with Gasteiger partial charge in [0.1, 0.15) is 5.82 Å². The Bertz CT molecular complexity index is 1340. The minimum atomic E-state index is -0.340. The van der Waals surface area contributed by atoms with Gasteiger partial charge in [0.2, 0.25) is 4.77 Å². The maximum absolute atomic E-state index is 12.8. The third-order valence-electron chi connectivity index (χ3n) is 5.37. The van der Waals surface area contributed by atoms with Crippen LogP contribution in [0.25, 0.3) is 33.2 Å². The minimum Gasteiger partial charge on any atom is -0.385 e. The predicted molar refractivity (Wildman–Crippen MR) is 117 cm³/mol. The molecule has 0 unspecified atom stereocenters. The van der Waals surface area contributed by atoms with Crippen LogP contribution in [0.1, 0.15) is 19.3 Å². The first-order chi connectivity index (χ1) is 14.1. The van der Waals surface area contributed by atoms with E-state index in [0.29, 0.717) is 27.8 Å².